The predicted molar refractivity (Wildman–Crippen MR) is 74.6 cm³/mol. The summed E-state index contributed by atoms with van der Waals surface area (Å²) in [6.07, 6.45) is 1.70. The minimum atomic E-state index is -2.50. The highest BCUT2D eigenvalue weighted by molar-refractivity contribution is 5.27. The minimum Gasteiger partial charge on any atom is -0.316 e. The summed E-state index contributed by atoms with van der Waals surface area (Å²) < 4.78 is 39.8. The van der Waals surface area contributed by atoms with Gasteiger partial charge in [0.05, 0.1) is 0 Å². The number of rotatable bonds is 4. The average molecular weight is 285 g/mol. The molecule has 1 aliphatic rings. The molecule has 0 amide bonds. The second-order valence-electron chi connectivity index (χ2n) is 5.86. The summed E-state index contributed by atoms with van der Waals surface area (Å²) in [4.78, 5) is 0. The summed E-state index contributed by atoms with van der Waals surface area (Å²) in [5.41, 5.74) is 2.01. The van der Waals surface area contributed by atoms with Gasteiger partial charge in [-0.3, -0.25) is 0 Å². The lowest BCUT2D eigenvalue weighted by molar-refractivity contribution is -0.0492. The van der Waals surface area contributed by atoms with Gasteiger partial charge in [0.2, 0.25) is 5.92 Å². The number of nitrogens with one attached hydrogen (secondary N) is 1. The Morgan fingerprint density at radius 3 is 2.55 bits per heavy atom. The molecular formula is C16H22F3N. The molecule has 1 atom stereocenters. The van der Waals surface area contributed by atoms with E-state index in [1.54, 1.807) is 12.1 Å². The van der Waals surface area contributed by atoms with Crippen LogP contribution < -0.4 is 5.32 Å². The number of alkyl halides is 2. The van der Waals surface area contributed by atoms with Crippen LogP contribution in [0.1, 0.15) is 36.8 Å². The van der Waals surface area contributed by atoms with Crippen LogP contribution in [0.5, 0.6) is 0 Å². The Morgan fingerprint density at radius 2 is 1.95 bits per heavy atom. The quantitative estimate of drug-likeness (QED) is 0.878. The number of aryl methyl sites for hydroxylation is 1. The monoisotopic (exact) mass is 285 g/mol. The topological polar surface area (TPSA) is 12.0 Å². The van der Waals surface area contributed by atoms with Gasteiger partial charge in [0.1, 0.15) is 5.82 Å². The highest BCUT2D eigenvalue weighted by atomic mass is 19.3. The van der Waals surface area contributed by atoms with Crippen LogP contribution in [-0.4, -0.2) is 19.0 Å². The third-order valence-corrected chi connectivity index (χ3v) is 4.45. The number of hydrogen-bond acceptors (Lipinski definition) is 1. The van der Waals surface area contributed by atoms with Gasteiger partial charge in [-0.05, 0) is 62.4 Å². The Hall–Kier alpha value is -1.03. The van der Waals surface area contributed by atoms with Gasteiger partial charge in [-0.2, -0.15) is 0 Å². The average Bonchev–Trinajstić information content (AvgIpc) is 2.40. The fourth-order valence-electron chi connectivity index (χ4n) is 3.07. The van der Waals surface area contributed by atoms with E-state index in [0.29, 0.717) is 19.3 Å². The van der Waals surface area contributed by atoms with Crippen molar-refractivity contribution >= 4 is 0 Å². The van der Waals surface area contributed by atoms with Crippen molar-refractivity contribution < 1.29 is 13.2 Å². The van der Waals surface area contributed by atoms with Crippen molar-refractivity contribution in [3.05, 3.63) is 35.1 Å². The Balaban J connectivity index is 2.04. The molecule has 1 N–H and O–H groups in total. The number of benzene rings is 1. The van der Waals surface area contributed by atoms with E-state index >= 15 is 0 Å². The molecule has 1 aromatic rings. The molecule has 1 unspecified atom stereocenters. The molecule has 1 fully saturated rings. The molecule has 0 bridgehead atoms. The van der Waals surface area contributed by atoms with Crippen LogP contribution in [0.3, 0.4) is 0 Å². The number of hydrogen-bond donors (Lipinski definition) is 1. The normalized spacial score (nSPS) is 20.9. The molecule has 1 aliphatic carbocycles. The standard InChI is InChI=1S/C16H22F3N/c1-11-3-4-14(17)9-13(11)10-15(20-2)12-5-7-16(18,19)8-6-12/h3-4,9,12,15,20H,5-8,10H2,1-2H3. The largest absolute Gasteiger partial charge is 0.316 e. The first-order chi connectivity index (χ1) is 9.41. The van der Waals surface area contributed by atoms with Crippen LogP contribution in [0.25, 0.3) is 0 Å². The molecule has 0 radical (unpaired) electrons. The minimum absolute atomic E-state index is 0.0298. The third-order valence-electron chi connectivity index (χ3n) is 4.45. The lowest BCUT2D eigenvalue weighted by Gasteiger charge is -2.34. The Kier molecular flexibility index (Phi) is 4.74. The Morgan fingerprint density at radius 1 is 1.30 bits per heavy atom. The summed E-state index contributed by atoms with van der Waals surface area (Å²) >= 11 is 0. The molecule has 1 nitrogen and oxygen atoms in total. The first-order valence-corrected chi connectivity index (χ1v) is 7.21. The fraction of sp³-hybridized carbons (Fsp3) is 0.625. The summed E-state index contributed by atoms with van der Waals surface area (Å²) in [5, 5.41) is 3.23. The Bertz CT molecular complexity index is 449. The molecule has 4 heteroatoms. The first-order valence-electron chi connectivity index (χ1n) is 7.21. The molecule has 0 saturated heterocycles. The molecule has 1 saturated carbocycles. The van der Waals surface area contributed by atoms with E-state index in [1.807, 2.05) is 14.0 Å². The maximum Gasteiger partial charge on any atom is 0.248 e. The lowest BCUT2D eigenvalue weighted by atomic mass is 9.79. The molecule has 0 aromatic heterocycles. The van der Waals surface area contributed by atoms with Gasteiger partial charge in [0.15, 0.2) is 0 Å². The molecule has 20 heavy (non-hydrogen) atoms. The highest BCUT2D eigenvalue weighted by Crippen LogP contribution is 2.38. The van der Waals surface area contributed by atoms with Crippen molar-refractivity contribution in [2.75, 3.05) is 7.05 Å². The van der Waals surface area contributed by atoms with E-state index in [0.717, 1.165) is 11.1 Å². The third kappa shape index (κ3) is 3.75. The van der Waals surface area contributed by atoms with Crippen LogP contribution in [0.4, 0.5) is 13.2 Å². The van der Waals surface area contributed by atoms with E-state index < -0.39 is 5.92 Å². The lowest BCUT2D eigenvalue weighted by Crippen LogP contribution is -2.39. The smallest absolute Gasteiger partial charge is 0.248 e. The summed E-state index contributed by atoms with van der Waals surface area (Å²) in [7, 11) is 1.85. The van der Waals surface area contributed by atoms with Gasteiger partial charge in [-0.15, -0.1) is 0 Å². The van der Waals surface area contributed by atoms with E-state index in [4.69, 9.17) is 0 Å². The van der Waals surface area contributed by atoms with Gasteiger partial charge >= 0.3 is 0 Å². The molecule has 0 aliphatic heterocycles. The van der Waals surface area contributed by atoms with Gasteiger partial charge < -0.3 is 5.32 Å². The molecule has 0 spiro atoms. The molecule has 1 aromatic carbocycles. The molecule has 2 rings (SSSR count). The zero-order valence-electron chi connectivity index (χ0n) is 12.1. The van der Waals surface area contributed by atoms with E-state index in [9.17, 15) is 13.2 Å². The number of halogens is 3. The SMILES string of the molecule is CNC(Cc1cc(F)ccc1C)C1CCC(F)(F)CC1. The zero-order valence-corrected chi connectivity index (χ0v) is 12.1. The van der Waals surface area contributed by atoms with Crippen LogP contribution in [0.15, 0.2) is 18.2 Å². The maximum atomic E-state index is 13.3. The Labute approximate surface area is 118 Å². The van der Waals surface area contributed by atoms with Gasteiger partial charge in [-0.1, -0.05) is 6.07 Å². The van der Waals surface area contributed by atoms with Crippen molar-refractivity contribution in [3.8, 4) is 0 Å². The van der Waals surface area contributed by atoms with Crippen molar-refractivity contribution in [1.29, 1.82) is 0 Å². The number of likely N-dealkylation sites (N-methyl/N-ethyl adjacent to an activating group) is 1. The van der Waals surface area contributed by atoms with Crippen LogP contribution in [-0.2, 0) is 6.42 Å². The van der Waals surface area contributed by atoms with Crippen molar-refractivity contribution in [2.24, 2.45) is 5.92 Å². The second-order valence-corrected chi connectivity index (χ2v) is 5.86. The van der Waals surface area contributed by atoms with Crippen molar-refractivity contribution in [2.45, 2.75) is 51.0 Å². The van der Waals surface area contributed by atoms with E-state index in [-0.39, 0.29) is 30.6 Å². The molecule has 112 valence electrons. The van der Waals surface area contributed by atoms with Gasteiger partial charge in [-0.25, -0.2) is 13.2 Å². The second kappa shape index (κ2) is 6.17. The van der Waals surface area contributed by atoms with E-state index in [2.05, 4.69) is 5.32 Å². The fourth-order valence-corrected chi connectivity index (χ4v) is 3.07. The van der Waals surface area contributed by atoms with Crippen LogP contribution >= 0.6 is 0 Å². The predicted octanol–water partition coefficient (Wildman–Crippen LogP) is 4.09. The van der Waals surface area contributed by atoms with Crippen molar-refractivity contribution in [1.82, 2.24) is 5.32 Å². The van der Waals surface area contributed by atoms with Gasteiger partial charge in [0.25, 0.3) is 0 Å². The highest BCUT2D eigenvalue weighted by Gasteiger charge is 2.37. The van der Waals surface area contributed by atoms with Crippen LogP contribution in [0.2, 0.25) is 0 Å². The van der Waals surface area contributed by atoms with Crippen molar-refractivity contribution in [3.63, 3.8) is 0 Å². The van der Waals surface area contributed by atoms with E-state index in [1.165, 1.54) is 6.07 Å². The summed E-state index contributed by atoms with van der Waals surface area (Å²) in [6.45, 7) is 1.95. The molecular weight excluding hydrogens is 263 g/mol. The van der Waals surface area contributed by atoms with Gasteiger partial charge in [0, 0.05) is 18.9 Å². The molecule has 0 heterocycles. The zero-order chi connectivity index (χ0) is 14.8. The van der Waals surface area contributed by atoms with Crippen LogP contribution in [0, 0.1) is 18.7 Å². The summed E-state index contributed by atoms with van der Waals surface area (Å²) in [6, 6.07) is 4.91. The first kappa shape index (κ1) is 15.4. The summed E-state index contributed by atoms with van der Waals surface area (Å²) in [5.74, 6) is -2.50. The maximum absolute atomic E-state index is 13.3.